The lowest BCUT2D eigenvalue weighted by Gasteiger charge is -2.42. The number of hydrogen-bond donors (Lipinski definition) is 1. The topological polar surface area (TPSA) is 30.5 Å². The summed E-state index contributed by atoms with van der Waals surface area (Å²) in [6.45, 7) is 13.6. The quantitative estimate of drug-likeness (QED) is 0.688. The Morgan fingerprint density at radius 2 is 1.88 bits per heavy atom. The van der Waals surface area contributed by atoms with Crippen molar-refractivity contribution in [3.8, 4) is 0 Å². The molecular formula is C13H25NO2. The minimum Gasteiger partial charge on any atom is -0.371 e. The predicted octanol–water partition coefficient (Wildman–Crippen LogP) is 2.16. The summed E-state index contributed by atoms with van der Waals surface area (Å²) in [7, 11) is 0. The molecule has 2 rings (SSSR count). The van der Waals surface area contributed by atoms with Gasteiger partial charge in [0.25, 0.3) is 0 Å². The van der Waals surface area contributed by atoms with E-state index < -0.39 is 0 Å². The summed E-state index contributed by atoms with van der Waals surface area (Å²) < 4.78 is 11.8. The van der Waals surface area contributed by atoms with Crippen molar-refractivity contribution in [2.45, 2.75) is 52.4 Å². The molecule has 16 heavy (non-hydrogen) atoms. The summed E-state index contributed by atoms with van der Waals surface area (Å²) in [6.07, 6.45) is 0.941. The Kier molecular flexibility index (Phi) is 2.84. The number of rotatable bonds is 0. The molecule has 2 aliphatic heterocycles. The molecule has 0 amide bonds. The lowest BCUT2D eigenvalue weighted by molar-refractivity contribution is -0.131. The molecule has 0 aromatic heterocycles. The van der Waals surface area contributed by atoms with Gasteiger partial charge in [-0.25, -0.2) is 0 Å². The molecule has 0 saturated carbocycles. The zero-order chi connectivity index (χ0) is 12.0. The van der Waals surface area contributed by atoms with Gasteiger partial charge in [-0.2, -0.15) is 0 Å². The molecule has 1 spiro atoms. The molecule has 2 saturated heterocycles. The first-order chi connectivity index (χ1) is 7.23. The van der Waals surface area contributed by atoms with E-state index in [9.17, 15) is 0 Å². The van der Waals surface area contributed by atoms with E-state index in [0.29, 0.717) is 17.9 Å². The van der Waals surface area contributed by atoms with E-state index in [1.807, 2.05) is 0 Å². The fourth-order valence-electron chi connectivity index (χ4n) is 2.54. The predicted molar refractivity (Wildman–Crippen MR) is 64.3 cm³/mol. The number of ether oxygens (including phenoxy) is 2. The molecular weight excluding hydrogens is 202 g/mol. The largest absolute Gasteiger partial charge is 0.371 e. The van der Waals surface area contributed by atoms with Crippen LogP contribution in [0.2, 0.25) is 0 Å². The van der Waals surface area contributed by atoms with Gasteiger partial charge in [0.1, 0.15) is 5.72 Å². The molecule has 2 atom stereocenters. The first-order valence-corrected chi connectivity index (χ1v) is 6.25. The zero-order valence-corrected chi connectivity index (χ0v) is 11.2. The van der Waals surface area contributed by atoms with Crippen molar-refractivity contribution >= 4 is 0 Å². The van der Waals surface area contributed by atoms with Gasteiger partial charge < -0.3 is 9.47 Å². The highest BCUT2D eigenvalue weighted by Gasteiger charge is 2.48. The van der Waals surface area contributed by atoms with Gasteiger partial charge in [0, 0.05) is 13.0 Å². The molecule has 1 N–H and O–H groups in total. The summed E-state index contributed by atoms with van der Waals surface area (Å²) in [5.74, 6) is 0.585. The lowest BCUT2D eigenvalue weighted by Crippen LogP contribution is -2.57. The van der Waals surface area contributed by atoms with Crippen LogP contribution >= 0.6 is 0 Å². The fraction of sp³-hybridized carbons (Fsp3) is 1.00. The van der Waals surface area contributed by atoms with Gasteiger partial charge in [0.05, 0.1) is 18.8 Å². The Labute approximate surface area is 98.9 Å². The second kappa shape index (κ2) is 3.69. The molecule has 0 aromatic carbocycles. The van der Waals surface area contributed by atoms with Crippen LogP contribution in [0.1, 0.15) is 41.0 Å². The van der Waals surface area contributed by atoms with Gasteiger partial charge in [-0.1, -0.05) is 20.8 Å². The zero-order valence-electron chi connectivity index (χ0n) is 11.2. The van der Waals surface area contributed by atoms with Gasteiger partial charge in [-0.05, 0) is 25.2 Å². The molecule has 2 heterocycles. The molecule has 94 valence electrons. The molecule has 2 aliphatic rings. The van der Waals surface area contributed by atoms with Crippen molar-refractivity contribution in [3.63, 3.8) is 0 Å². The average molecular weight is 227 g/mol. The molecule has 0 bridgehead atoms. The van der Waals surface area contributed by atoms with E-state index in [1.165, 1.54) is 0 Å². The first-order valence-electron chi connectivity index (χ1n) is 6.25. The molecule has 3 nitrogen and oxygen atoms in total. The minimum atomic E-state index is -0.217. The Hall–Kier alpha value is -0.120. The highest BCUT2D eigenvalue weighted by molar-refractivity contribution is 4.96. The smallest absolute Gasteiger partial charge is 0.145 e. The molecule has 0 aliphatic carbocycles. The monoisotopic (exact) mass is 227 g/mol. The van der Waals surface area contributed by atoms with Crippen LogP contribution in [0, 0.1) is 11.3 Å². The van der Waals surface area contributed by atoms with Crippen molar-refractivity contribution < 1.29 is 9.47 Å². The number of hydrogen-bond acceptors (Lipinski definition) is 3. The third-order valence-electron chi connectivity index (χ3n) is 3.86. The van der Waals surface area contributed by atoms with Crippen molar-refractivity contribution in [2.75, 3.05) is 19.8 Å². The summed E-state index contributed by atoms with van der Waals surface area (Å²) in [4.78, 5) is 0. The van der Waals surface area contributed by atoms with Crippen LogP contribution in [0.25, 0.3) is 0 Å². The van der Waals surface area contributed by atoms with Crippen LogP contribution in [-0.4, -0.2) is 31.1 Å². The average Bonchev–Trinajstić information content (AvgIpc) is 2.41. The molecule has 0 aromatic rings. The molecule has 2 unspecified atom stereocenters. The highest BCUT2D eigenvalue weighted by atomic mass is 16.6. The molecule has 2 fully saturated rings. The minimum absolute atomic E-state index is 0.0540. The summed E-state index contributed by atoms with van der Waals surface area (Å²) >= 11 is 0. The highest BCUT2D eigenvalue weighted by Crippen LogP contribution is 2.38. The normalized spacial score (nSPS) is 39.2. The van der Waals surface area contributed by atoms with Crippen molar-refractivity contribution in [2.24, 2.45) is 11.3 Å². The van der Waals surface area contributed by atoms with E-state index >= 15 is 0 Å². The van der Waals surface area contributed by atoms with Gasteiger partial charge in [-0.3, -0.25) is 5.32 Å². The van der Waals surface area contributed by atoms with Gasteiger partial charge >= 0.3 is 0 Å². The number of nitrogens with one attached hydrogen (secondary N) is 1. The van der Waals surface area contributed by atoms with Crippen LogP contribution in [0.3, 0.4) is 0 Å². The van der Waals surface area contributed by atoms with Crippen molar-refractivity contribution in [1.29, 1.82) is 0 Å². The van der Waals surface area contributed by atoms with E-state index in [0.717, 1.165) is 19.6 Å². The summed E-state index contributed by atoms with van der Waals surface area (Å²) in [5, 5.41) is 3.56. The van der Waals surface area contributed by atoms with Crippen LogP contribution in [0.5, 0.6) is 0 Å². The Morgan fingerprint density at radius 3 is 2.25 bits per heavy atom. The third-order valence-corrected chi connectivity index (χ3v) is 3.86. The Bertz CT molecular complexity index is 260. The maximum Gasteiger partial charge on any atom is 0.145 e. The van der Waals surface area contributed by atoms with Crippen LogP contribution < -0.4 is 5.32 Å². The summed E-state index contributed by atoms with van der Waals surface area (Å²) in [5.41, 5.74) is 0.0381. The van der Waals surface area contributed by atoms with Crippen LogP contribution in [-0.2, 0) is 9.47 Å². The van der Waals surface area contributed by atoms with E-state index in [-0.39, 0.29) is 11.3 Å². The molecule has 0 radical (unpaired) electrons. The van der Waals surface area contributed by atoms with E-state index in [4.69, 9.17) is 9.47 Å². The Morgan fingerprint density at radius 1 is 1.19 bits per heavy atom. The maximum atomic E-state index is 6.07. The molecule has 3 heteroatoms. The standard InChI is InChI=1S/C13H25NO2/c1-11(2,3)10-6-14-13(15-7-10)8-12(4,5)16-9-13/h10,14H,6-9H2,1-5H3. The first kappa shape index (κ1) is 12.3. The van der Waals surface area contributed by atoms with Crippen LogP contribution in [0.4, 0.5) is 0 Å². The van der Waals surface area contributed by atoms with Crippen molar-refractivity contribution in [1.82, 2.24) is 5.32 Å². The summed E-state index contributed by atoms with van der Waals surface area (Å²) in [6, 6.07) is 0. The van der Waals surface area contributed by atoms with Gasteiger partial charge in [0.15, 0.2) is 0 Å². The van der Waals surface area contributed by atoms with E-state index in [2.05, 4.69) is 39.9 Å². The van der Waals surface area contributed by atoms with Gasteiger partial charge in [0.2, 0.25) is 0 Å². The maximum absolute atomic E-state index is 6.07. The third kappa shape index (κ3) is 2.41. The Balaban J connectivity index is 1.96. The van der Waals surface area contributed by atoms with Gasteiger partial charge in [-0.15, -0.1) is 0 Å². The van der Waals surface area contributed by atoms with E-state index in [1.54, 1.807) is 0 Å². The SMILES string of the molecule is CC1(C)CC2(CO1)NCC(C(C)(C)C)CO2. The fourth-order valence-corrected chi connectivity index (χ4v) is 2.54. The second-order valence-corrected chi connectivity index (χ2v) is 6.97. The van der Waals surface area contributed by atoms with Crippen molar-refractivity contribution in [3.05, 3.63) is 0 Å². The second-order valence-electron chi connectivity index (χ2n) is 6.97. The van der Waals surface area contributed by atoms with Crippen LogP contribution in [0.15, 0.2) is 0 Å². The lowest BCUT2D eigenvalue weighted by atomic mass is 9.80.